The highest BCUT2D eigenvalue weighted by Crippen LogP contribution is 2.20. The van der Waals surface area contributed by atoms with E-state index in [9.17, 15) is 9.59 Å². The van der Waals surface area contributed by atoms with Crippen LogP contribution in [-0.2, 0) is 20.7 Å². The summed E-state index contributed by atoms with van der Waals surface area (Å²) in [7, 11) is 0. The number of rotatable bonds is 6. The van der Waals surface area contributed by atoms with E-state index in [1.54, 1.807) is 6.26 Å². The van der Waals surface area contributed by atoms with Gasteiger partial charge in [-0.25, -0.2) is 9.78 Å². The molecule has 1 fully saturated rings. The first kappa shape index (κ1) is 17.2. The summed E-state index contributed by atoms with van der Waals surface area (Å²) in [6.07, 6.45) is 1.30. The van der Waals surface area contributed by atoms with Crippen molar-refractivity contribution in [3.63, 3.8) is 0 Å². The van der Waals surface area contributed by atoms with Crippen LogP contribution in [0.4, 0.5) is 0 Å². The molecule has 0 unspecified atom stereocenters. The zero-order valence-electron chi connectivity index (χ0n) is 13.9. The van der Waals surface area contributed by atoms with E-state index < -0.39 is 18.2 Å². The fourth-order valence-electron chi connectivity index (χ4n) is 2.69. The molecule has 0 radical (unpaired) electrons. The van der Waals surface area contributed by atoms with Crippen LogP contribution in [0.1, 0.15) is 24.1 Å². The first-order chi connectivity index (χ1) is 12.0. The lowest BCUT2D eigenvalue weighted by atomic mass is 10.1. The molecule has 1 aliphatic heterocycles. The zero-order valence-corrected chi connectivity index (χ0v) is 13.9. The van der Waals surface area contributed by atoms with Gasteiger partial charge in [-0.1, -0.05) is 17.7 Å². The van der Waals surface area contributed by atoms with E-state index in [0.29, 0.717) is 31.7 Å². The Morgan fingerprint density at radius 3 is 2.64 bits per heavy atom. The van der Waals surface area contributed by atoms with Gasteiger partial charge < -0.3 is 19.6 Å². The van der Waals surface area contributed by atoms with E-state index in [1.165, 1.54) is 0 Å². The number of aromatic nitrogens is 1. The number of benzene rings is 1. The Morgan fingerprint density at radius 1 is 1.24 bits per heavy atom. The summed E-state index contributed by atoms with van der Waals surface area (Å²) in [5, 5.41) is 11.6. The van der Waals surface area contributed by atoms with Crippen LogP contribution in [0.25, 0.3) is 11.5 Å². The minimum atomic E-state index is -1.03. The van der Waals surface area contributed by atoms with Crippen molar-refractivity contribution in [2.75, 3.05) is 6.54 Å². The predicted octanol–water partition coefficient (Wildman–Crippen LogP) is 1.94. The molecule has 25 heavy (non-hydrogen) atoms. The number of carbonyl (C=O) groups excluding carboxylic acids is 1. The molecule has 2 heterocycles. The van der Waals surface area contributed by atoms with Crippen molar-refractivity contribution in [1.82, 2.24) is 10.3 Å². The van der Waals surface area contributed by atoms with E-state index >= 15 is 0 Å². The highest BCUT2D eigenvalue weighted by Gasteiger charge is 2.34. The standard InChI is InChI=1S/C18H20N2O5/c1-11-2-4-12(5-3-11)17-20-13(10-24-17)8-9-19-16(21)14-6-7-15(25-14)18(22)23/h2-5,10,14-15H,6-9H2,1H3,(H,19,21)(H,22,23)/t14-,15+/m0/s1. The van der Waals surface area contributed by atoms with Gasteiger partial charge in [-0.15, -0.1) is 0 Å². The second-order valence-electron chi connectivity index (χ2n) is 6.08. The average Bonchev–Trinajstić information content (AvgIpc) is 3.25. The van der Waals surface area contributed by atoms with Gasteiger partial charge >= 0.3 is 5.97 Å². The van der Waals surface area contributed by atoms with Gasteiger partial charge in [-0.2, -0.15) is 0 Å². The highest BCUT2D eigenvalue weighted by molar-refractivity contribution is 5.82. The van der Waals surface area contributed by atoms with Gasteiger partial charge in [0.15, 0.2) is 6.10 Å². The molecular weight excluding hydrogens is 324 g/mol. The van der Waals surface area contributed by atoms with Crippen molar-refractivity contribution in [2.24, 2.45) is 0 Å². The second-order valence-corrected chi connectivity index (χ2v) is 6.08. The smallest absolute Gasteiger partial charge is 0.332 e. The van der Waals surface area contributed by atoms with Gasteiger partial charge in [0.2, 0.25) is 11.8 Å². The number of hydrogen-bond acceptors (Lipinski definition) is 5. The molecule has 7 heteroatoms. The van der Waals surface area contributed by atoms with Gasteiger partial charge in [-0.05, 0) is 31.9 Å². The minimum absolute atomic E-state index is 0.286. The Bertz CT molecular complexity index is 753. The molecule has 0 spiro atoms. The van der Waals surface area contributed by atoms with Crippen molar-refractivity contribution in [3.8, 4) is 11.5 Å². The van der Waals surface area contributed by atoms with Crippen molar-refractivity contribution < 1.29 is 23.8 Å². The van der Waals surface area contributed by atoms with E-state index in [4.69, 9.17) is 14.3 Å². The first-order valence-corrected chi connectivity index (χ1v) is 8.20. The summed E-state index contributed by atoms with van der Waals surface area (Å²) < 4.78 is 10.7. The van der Waals surface area contributed by atoms with Crippen molar-refractivity contribution in [3.05, 3.63) is 41.8 Å². The third kappa shape index (κ3) is 4.24. The molecule has 0 aliphatic carbocycles. The molecule has 132 valence electrons. The van der Waals surface area contributed by atoms with Crippen LogP contribution < -0.4 is 5.32 Å². The molecule has 2 aromatic rings. The number of aryl methyl sites for hydroxylation is 1. The Hall–Kier alpha value is -2.67. The van der Waals surface area contributed by atoms with Gasteiger partial charge in [-0.3, -0.25) is 4.79 Å². The molecule has 1 saturated heterocycles. The lowest BCUT2D eigenvalue weighted by Crippen LogP contribution is -2.36. The van der Waals surface area contributed by atoms with Gasteiger partial charge in [0.05, 0.1) is 5.69 Å². The van der Waals surface area contributed by atoms with Crippen LogP contribution in [0.3, 0.4) is 0 Å². The largest absolute Gasteiger partial charge is 0.479 e. The molecule has 2 N–H and O–H groups in total. The fraction of sp³-hybridized carbons (Fsp3) is 0.389. The SMILES string of the molecule is Cc1ccc(-c2nc(CCNC(=O)[C@@H]3CC[C@H](C(=O)O)O3)co2)cc1. The molecule has 1 aliphatic rings. The second kappa shape index (κ2) is 7.48. The number of amides is 1. The van der Waals surface area contributed by atoms with E-state index in [0.717, 1.165) is 16.8 Å². The fourth-order valence-corrected chi connectivity index (χ4v) is 2.69. The Balaban J connectivity index is 1.47. The van der Waals surface area contributed by atoms with Crippen LogP contribution in [0.2, 0.25) is 0 Å². The number of ether oxygens (including phenoxy) is 1. The summed E-state index contributed by atoms with van der Waals surface area (Å²) in [6, 6.07) is 7.88. The Kier molecular flexibility index (Phi) is 5.14. The third-order valence-electron chi connectivity index (χ3n) is 4.12. The number of nitrogens with one attached hydrogen (secondary N) is 1. The number of oxazole rings is 1. The monoisotopic (exact) mass is 344 g/mol. The summed E-state index contributed by atoms with van der Waals surface area (Å²) in [5.74, 6) is -0.766. The van der Waals surface area contributed by atoms with E-state index in [1.807, 2.05) is 31.2 Å². The highest BCUT2D eigenvalue weighted by atomic mass is 16.5. The topological polar surface area (TPSA) is 102 Å². The molecule has 1 aromatic heterocycles. The third-order valence-corrected chi connectivity index (χ3v) is 4.12. The molecule has 1 aromatic carbocycles. The molecule has 3 rings (SSSR count). The van der Waals surface area contributed by atoms with Crippen LogP contribution in [0.15, 0.2) is 34.9 Å². The predicted molar refractivity (Wildman–Crippen MR) is 88.9 cm³/mol. The number of nitrogens with zero attached hydrogens (tertiary/aromatic N) is 1. The lowest BCUT2D eigenvalue weighted by Gasteiger charge is -2.11. The summed E-state index contributed by atoms with van der Waals surface area (Å²) in [6.45, 7) is 2.40. The van der Waals surface area contributed by atoms with Crippen LogP contribution in [0.5, 0.6) is 0 Å². The lowest BCUT2D eigenvalue weighted by molar-refractivity contribution is -0.151. The molecule has 1 amide bonds. The first-order valence-electron chi connectivity index (χ1n) is 8.20. The van der Waals surface area contributed by atoms with E-state index in [-0.39, 0.29) is 5.91 Å². The maximum atomic E-state index is 12.0. The Morgan fingerprint density at radius 2 is 1.96 bits per heavy atom. The normalized spacial score (nSPS) is 19.7. The Labute approximate surface area is 145 Å². The summed E-state index contributed by atoms with van der Waals surface area (Å²) >= 11 is 0. The summed E-state index contributed by atoms with van der Waals surface area (Å²) in [4.78, 5) is 27.2. The van der Waals surface area contributed by atoms with Crippen molar-refractivity contribution in [2.45, 2.75) is 38.4 Å². The van der Waals surface area contributed by atoms with Gasteiger partial charge in [0.25, 0.3) is 0 Å². The molecule has 0 bridgehead atoms. The molecule has 2 atom stereocenters. The number of hydrogen-bond donors (Lipinski definition) is 2. The van der Waals surface area contributed by atoms with Crippen molar-refractivity contribution in [1.29, 1.82) is 0 Å². The minimum Gasteiger partial charge on any atom is -0.479 e. The maximum Gasteiger partial charge on any atom is 0.332 e. The van der Waals surface area contributed by atoms with Gasteiger partial charge in [0.1, 0.15) is 12.4 Å². The average molecular weight is 344 g/mol. The van der Waals surface area contributed by atoms with Crippen molar-refractivity contribution >= 4 is 11.9 Å². The van der Waals surface area contributed by atoms with Gasteiger partial charge in [0, 0.05) is 18.5 Å². The number of aliphatic carboxylic acids is 1. The van der Waals surface area contributed by atoms with Crippen LogP contribution in [-0.4, -0.2) is 40.7 Å². The molecular formula is C18H20N2O5. The maximum absolute atomic E-state index is 12.0. The summed E-state index contributed by atoms with van der Waals surface area (Å²) in [5.41, 5.74) is 2.81. The zero-order chi connectivity index (χ0) is 17.8. The molecule has 7 nitrogen and oxygen atoms in total. The number of carboxylic acids is 1. The quantitative estimate of drug-likeness (QED) is 0.830. The number of carbonyl (C=O) groups is 2. The number of carboxylic acid groups (broad SMARTS) is 1. The van der Waals surface area contributed by atoms with Crippen LogP contribution in [0, 0.1) is 6.92 Å². The van der Waals surface area contributed by atoms with Crippen LogP contribution >= 0.6 is 0 Å². The molecule has 0 saturated carbocycles. The van der Waals surface area contributed by atoms with E-state index in [2.05, 4.69) is 10.3 Å².